The number of aryl methyl sites for hydroxylation is 3. The molecule has 1 atom stereocenters. The maximum atomic E-state index is 13.2. The highest BCUT2D eigenvalue weighted by Gasteiger charge is 2.27. The number of hydrogen-bond acceptors (Lipinski definition) is 5. The molecule has 2 aliphatic rings. The maximum Gasteiger partial charge on any atom is 0.262 e. The van der Waals surface area contributed by atoms with E-state index in [1.165, 1.54) is 16.9 Å². The van der Waals surface area contributed by atoms with E-state index in [-0.39, 0.29) is 17.4 Å². The Morgan fingerprint density at radius 3 is 2.97 bits per heavy atom. The molecule has 1 N–H and O–H groups in total. The molecule has 8 heteroatoms. The van der Waals surface area contributed by atoms with E-state index >= 15 is 0 Å². The Morgan fingerprint density at radius 1 is 1.18 bits per heavy atom. The smallest absolute Gasteiger partial charge is 0.262 e. The van der Waals surface area contributed by atoms with Gasteiger partial charge in [-0.25, -0.2) is 9.97 Å². The lowest BCUT2D eigenvalue weighted by Crippen LogP contribution is -2.40. The summed E-state index contributed by atoms with van der Waals surface area (Å²) in [6.07, 6.45) is 8.25. The van der Waals surface area contributed by atoms with Crippen LogP contribution in [0, 0.1) is 0 Å². The number of imidazole rings is 1. The minimum Gasteiger partial charge on any atom is -0.342 e. The number of likely N-dealkylation sites (tertiary alicyclic amines) is 1. The van der Waals surface area contributed by atoms with Gasteiger partial charge in [-0.1, -0.05) is 12.1 Å². The minimum absolute atomic E-state index is 0.00555. The van der Waals surface area contributed by atoms with Gasteiger partial charge < -0.3 is 9.88 Å². The van der Waals surface area contributed by atoms with Crippen LogP contribution in [0.5, 0.6) is 0 Å². The molecule has 6 rings (SSSR count). The SMILES string of the molecule is O=C(CCn1cnc2sc3c(c2c1=O)CCCC3)N1CCCC(c2nc3ccccc3[nH]2)C1. The van der Waals surface area contributed by atoms with Gasteiger partial charge in [0.25, 0.3) is 5.56 Å². The summed E-state index contributed by atoms with van der Waals surface area (Å²) in [5.41, 5.74) is 3.21. The fourth-order valence-corrected chi connectivity index (χ4v) is 6.53. The van der Waals surface area contributed by atoms with Gasteiger partial charge in [-0.05, 0) is 56.2 Å². The molecule has 0 radical (unpaired) electrons. The topological polar surface area (TPSA) is 83.9 Å². The zero-order valence-electron chi connectivity index (χ0n) is 18.5. The Hall–Kier alpha value is -3.00. The molecule has 1 saturated heterocycles. The van der Waals surface area contributed by atoms with Crippen molar-refractivity contribution < 1.29 is 4.79 Å². The molecule has 3 aromatic heterocycles. The summed E-state index contributed by atoms with van der Waals surface area (Å²) < 4.78 is 1.63. The van der Waals surface area contributed by atoms with Crippen molar-refractivity contribution in [1.29, 1.82) is 0 Å². The standard InChI is InChI=1S/C25H27N5O2S/c31-21(29-12-5-6-16(14-29)23-27-18-8-2-3-9-19(18)28-23)11-13-30-15-26-24-22(25(30)32)17-7-1-4-10-20(17)33-24/h2-3,8-9,15-16H,1,4-7,10-14H2,(H,27,28). The Kier molecular flexibility index (Phi) is 5.25. The first-order chi connectivity index (χ1) is 16.2. The molecule has 170 valence electrons. The predicted molar refractivity (Wildman–Crippen MR) is 130 cm³/mol. The first-order valence-corrected chi connectivity index (χ1v) is 12.7. The summed E-state index contributed by atoms with van der Waals surface area (Å²) in [4.78, 5) is 43.0. The highest BCUT2D eigenvalue weighted by atomic mass is 32.1. The van der Waals surface area contributed by atoms with Gasteiger partial charge in [0.05, 0.1) is 22.7 Å². The number of piperidine rings is 1. The molecular formula is C25H27N5O2S. The molecule has 0 bridgehead atoms. The fraction of sp³-hybridized carbons (Fsp3) is 0.440. The summed E-state index contributed by atoms with van der Waals surface area (Å²) in [5, 5.41) is 0.785. The first kappa shape index (κ1) is 20.6. The molecule has 4 aromatic rings. The van der Waals surface area contributed by atoms with E-state index in [0.717, 1.165) is 65.7 Å². The number of nitrogens with one attached hydrogen (secondary N) is 1. The lowest BCUT2D eigenvalue weighted by molar-refractivity contribution is -0.132. The number of hydrogen-bond donors (Lipinski definition) is 1. The maximum absolute atomic E-state index is 13.2. The van der Waals surface area contributed by atoms with Crippen molar-refractivity contribution >= 4 is 38.5 Å². The highest BCUT2D eigenvalue weighted by molar-refractivity contribution is 7.18. The van der Waals surface area contributed by atoms with Crippen LogP contribution < -0.4 is 5.56 Å². The molecule has 33 heavy (non-hydrogen) atoms. The van der Waals surface area contributed by atoms with E-state index in [2.05, 4.69) is 9.97 Å². The zero-order chi connectivity index (χ0) is 22.4. The summed E-state index contributed by atoms with van der Waals surface area (Å²) in [6, 6.07) is 8.03. The average molecular weight is 462 g/mol. The van der Waals surface area contributed by atoms with Crippen molar-refractivity contribution in [2.45, 2.75) is 57.4 Å². The normalized spacial score (nSPS) is 18.7. The molecule has 1 amide bonds. The van der Waals surface area contributed by atoms with Crippen LogP contribution in [0.3, 0.4) is 0 Å². The second kappa shape index (κ2) is 8.41. The highest BCUT2D eigenvalue weighted by Crippen LogP contribution is 2.33. The molecule has 4 heterocycles. The van der Waals surface area contributed by atoms with Gasteiger partial charge in [0.2, 0.25) is 5.91 Å². The molecule has 0 saturated carbocycles. The number of amides is 1. The monoisotopic (exact) mass is 461 g/mol. The predicted octanol–water partition coefficient (Wildman–Crippen LogP) is 4.01. The second-order valence-electron chi connectivity index (χ2n) is 9.20. The number of benzene rings is 1. The van der Waals surface area contributed by atoms with Crippen LogP contribution in [0.2, 0.25) is 0 Å². The molecule has 0 spiro atoms. The molecule has 1 fully saturated rings. The number of carbonyl (C=O) groups is 1. The van der Waals surface area contributed by atoms with Crippen molar-refractivity contribution in [2.75, 3.05) is 13.1 Å². The van der Waals surface area contributed by atoms with Crippen LogP contribution in [-0.2, 0) is 24.2 Å². The van der Waals surface area contributed by atoms with Crippen LogP contribution in [0.4, 0.5) is 0 Å². The third-order valence-electron chi connectivity index (χ3n) is 7.08. The van der Waals surface area contributed by atoms with Crippen molar-refractivity contribution in [1.82, 2.24) is 24.4 Å². The Bertz CT molecular complexity index is 1370. The van der Waals surface area contributed by atoms with E-state index < -0.39 is 0 Å². The summed E-state index contributed by atoms with van der Waals surface area (Å²) in [7, 11) is 0. The molecule has 7 nitrogen and oxygen atoms in total. The van der Waals surface area contributed by atoms with Gasteiger partial charge in [0.15, 0.2) is 0 Å². The van der Waals surface area contributed by atoms with Crippen molar-refractivity contribution in [3.8, 4) is 0 Å². The molecular weight excluding hydrogens is 434 g/mol. The van der Waals surface area contributed by atoms with Gasteiger partial charge in [-0.3, -0.25) is 14.2 Å². The van der Waals surface area contributed by atoms with Crippen LogP contribution >= 0.6 is 11.3 Å². The van der Waals surface area contributed by atoms with Crippen molar-refractivity contribution in [3.63, 3.8) is 0 Å². The number of thiophene rings is 1. The lowest BCUT2D eigenvalue weighted by atomic mass is 9.97. The van der Waals surface area contributed by atoms with E-state index in [4.69, 9.17) is 4.98 Å². The van der Waals surface area contributed by atoms with Crippen LogP contribution in [0.1, 0.15) is 54.3 Å². The summed E-state index contributed by atoms with van der Waals surface area (Å²) >= 11 is 1.66. The Balaban J connectivity index is 1.16. The molecule has 1 aliphatic carbocycles. The Labute approximate surface area is 195 Å². The average Bonchev–Trinajstić information content (AvgIpc) is 3.45. The van der Waals surface area contributed by atoms with Crippen molar-refractivity contribution in [3.05, 3.63) is 57.2 Å². The van der Waals surface area contributed by atoms with E-state index in [1.54, 1.807) is 22.2 Å². The van der Waals surface area contributed by atoms with Gasteiger partial charge in [-0.15, -0.1) is 11.3 Å². The van der Waals surface area contributed by atoms with E-state index in [9.17, 15) is 9.59 Å². The summed E-state index contributed by atoms with van der Waals surface area (Å²) in [5.74, 6) is 1.27. The minimum atomic E-state index is 0.00555. The lowest BCUT2D eigenvalue weighted by Gasteiger charge is -2.32. The number of aromatic amines is 1. The van der Waals surface area contributed by atoms with Crippen LogP contribution in [0.15, 0.2) is 35.4 Å². The number of rotatable bonds is 4. The van der Waals surface area contributed by atoms with Crippen molar-refractivity contribution in [2.24, 2.45) is 0 Å². The number of fused-ring (bicyclic) bond motifs is 4. The second-order valence-corrected chi connectivity index (χ2v) is 10.3. The Morgan fingerprint density at radius 2 is 2.06 bits per heavy atom. The van der Waals surface area contributed by atoms with Gasteiger partial charge >= 0.3 is 0 Å². The number of para-hydroxylation sites is 2. The molecule has 1 aliphatic heterocycles. The third kappa shape index (κ3) is 3.76. The van der Waals surface area contributed by atoms with Gasteiger partial charge in [0, 0.05) is 36.9 Å². The van der Waals surface area contributed by atoms with E-state index in [1.807, 2.05) is 29.2 Å². The quantitative estimate of drug-likeness (QED) is 0.498. The largest absolute Gasteiger partial charge is 0.342 e. The summed E-state index contributed by atoms with van der Waals surface area (Å²) in [6.45, 7) is 1.81. The number of carbonyl (C=O) groups excluding carboxylic acids is 1. The fourth-order valence-electron chi connectivity index (χ4n) is 5.31. The van der Waals surface area contributed by atoms with Gasteiger partial charge in [0.1, 0.15) is 10.7 Å². The number of aromatic nitrogens is 4. The first-order valence-electron chi connectivity index (χ1n) is 11.9. The molecule has 1 unspecified atom stereocenters. The van der Waals surface area contributed by atoms with E-state index in [0.29, 0.717) is 19.5 Å². The number of H-pyrrole nitrogens is 1. The van der Waals surface area contributed by atoms with Crippen LogP contribution in [-0.4, -0.2) is 43.4 Å². The molecule has 1 aromatic carbocycles. The zero-order valence-corrected chi connectivity index (χ0v) is 19.4. The number of nitrogens with zero attached hydrogens (tertiary/aromatic N) is 4. The third-order valence-corrected chi connectivity index (χ3v) is 8.28. The van der Waals surface area contributed by atoms with Crippen LogP contribution in [0.25, 0.3) is 21.3 Å². The van der Waals surface area contributed by atoms with Gasteiger partial charge in [-0.2, -0.15) is 0 Å².